The number of hydrogen-bond donors (Lipinski definition) is 0. The Bertz CT molecular complexity index is 561. The maximum atomic E-state index is 9.78. The maximum absolute atomic E-state index is 9.78. The van der Waals surface area contributed by atoms with Gasteiger partial charge in [-0.15, -0.1) is 0 Å². The van der Waals surface area contributed by atoms with Gasteiger partial charge in [-0.3, -0.25) is 0 Å². The fourth-order valence-electron chi connectivity index (χ4n) is 0.471. The monoisotopic (exact) mass is 548 g/mol. The van der Waals surface area contributed by atoms with E-state index < -0.39 is 55.4 Å². The van der Waals surface area contributed by atoms with E-state index in [-0.39, 0.29) is 34.7 Å². The van der Waals surface area contributed by atoms with Crippen molar-refractivity contribution < 1.29 is 137 Å². The molecule has 32 heavy (non-hydrogen) atoms. The molecule has 0 N–H and O–H groups in total. The number of carbonyl (C=O) groups excluding carboxylic acids is 9. The van der Waals surface area contributed by atoms with Gasteiger partial charge >= 0.3 is 53.2 Å². The molecule has 0 unspecified atom stereocenters. The zero-order valence-electron chi connectivity index (χ0n) is 13.9. The van der Waals surface area contributed by atoms with Gasteiger partial charge in [0.05, 0.1) is 0 Å². The Kier molecular flexibility index (Phi) is 25.6. The summed E-state index contributed by atoms with van der Waals surface area (Å²) in [5.41, 5.74) is 0. The molecule has 0 fully saturated rings. The molecule has 0 spiro atoms. The summed E-state index contributed by atoms with van der Waals surface area (Å²) in [6, 6.07) is 0. The zero-order valence-corrected chi connectivity index (χ0v) is 16.4. The summed E-state index contributed by atoms with van der Waals surface area (Å²) in [6.07, 6.45) is -19.0. The standard InChI is InChI=1S/3C3H2O7.2Cr/c3*4-1(5)9-3(8)10-2(6)7;;/h3*(H,4,5)(H,6,7);;/q;;;2*+3/p-6. The third-order valence-corrected chi connectivity index (χ3v) is 1.000. The molecule has 2 radical (unpaired) electrons. The minimum absolute atomic E-state index is 0. The zero-order chi connectivity index (χ0) is 24.4. The van der Waals surface area contributed by atoms with Crippen LogP contribution in [0, 0.1) is 0 Å². The van der Waals surface area contributed by atoms with Crippen molar-refractivity contribution in [2.45, 2.75) is 0 Å². The maximum Gasteiger partial charge on any atom is 3.00 e. The Labute approximate surface area is 192 Å². The van der Waals surface area contributed by atoms with Gasteiger partial charge in [-0.2, -0.15) is 0 Å². The van der Waals surface area contributed by atoms with E-state index in [0.717, 1.165) is 0 Å². The molecule has 0 atom stereocenters. The Morgan fingerprint density at radius 3 is 0.469 bits per heavy atom. The molecule has 21 nitrogen and oxygen atoms in total. The molecule has 0 heterocycles. The topological polar surface area (TPSA) is 347 Å². The first-order valence-electron chi connectivity index (χ1n) is 5.51. The van der Waals surface area contributed by atoms with Gasteiger partial charge in [0, 0.05) is 0 Å². The minimum Gasteiger partial charge on any atom is -0.467 e. The number of carboxylic acid groups (broad SMARTS) is 6. The van der Waals surface area contributed by atoms with Crippen molar-refractivity contribution in [1.29, 1.82) is 0 Å². The van der Waals surface area contributed by atoms with Crippen molar-refractivity contribution in [2.75, 3.05) is 0 Å². The fraction of sp³-hybridized carbons (Fsp3) is 0. The summed E-state index contributed by atoms with van der Waals surface area (Å²) < 4.78 is 18.5. The molecule has 0 aliphatic carbocycles. The van der Waals surface area contributed by atoms with Gasteiger partial charge in [0.2, 0.25) is 0 Å². The summed E-state index contributed by atoms with van der Waals surface area (Å²) >= 11 is 0. The third kappa shape index (κ3) is 40.4. The normalized spacial score (nSPS) is 7.50. The van der Waals surface area contributed by atoms with Crippen LogP contribution >= 0.6 is 0 Å². The van der Waals surface area contributed by atoms with Gasteiger partial charge in [0.1, 0.15) is 0 Å². The van der Waals surface area contributed by atoms with E-state index in [4.69, 9.17) is 0 Å². The van der Waals surface area contributed by atoms with Gasteiger partial charge in [-0.25, -0.2) is 14.4 Å². The van der Waals surface area contributed by atoms with E-state index in [0.29, 0.717) is 0 Å². The average Bonchev–Trinajstić information content (AvgIpc) is 2.42. The van der Waals surface area contributed by atoms with Crippen LogP contribution in [0.15, 0.2) is 0 Å². The molecule has 23 heteroatoms. The van der Waals surface area contributed by atoms with Gasteiger partial charge in [0.15, 0.2) is 0 Å². The summed E-state index contributed by atoms with van der Waals surface area (Å²) in [4.78, 5) is 85.4. The first kappa shape index (κ1) is 38.3. The predicted molar refractivity (Wildman–Crippen MR) is 55.1 cm³/mol. The molecule has 0 bridgehead atoms. The van der Waals surface area contributed by atoms with Crippen molar-refractivity contribution in [3.8, 4) is 0 Å². The Morgan fingerprint density at radius 1 is 0.312 bits per heavy atom. The molecule has 0 rings (SSSR count). The second-order valence-corrected chi connectivity index (χ2v) is 2.86. The predicted octanol–water partition coefficient (Wildman–Crippen LogP) is -6.53. The first-order valence-corrected chi connectivity index (χ1v) is 5.51. The first-order chi connectivity index (χ1) is 13.6. The number of rotatable bonds is 0. The Morgan fingerprint density at radius 2 is 0.406 bits per heavy atom. The molecule has 0 aromatic heterocycles. The van der Waals surface area contributed by atoms with E-state index in [1.165, 1.54) is 0 Å². The molecule has 0 aliphatic rings. The Hall–Kier alpha value is -4.31. The molecule has 174 valence electrons. The second kappa shape index (κ2) is 21.4. The fourth-order valence-corrected chi connectivity index (χ4v) is 0.471. The van der Waals surface area contributed by atoms with Crippen molar-refractivity contribution in [2.24, 2.45) is 0 Å². The van der Waals surface area contributed by atoms with Gasteiger partial charge < -0.3 is 87.8 Å². The number of carbonyl (C=O) groups is 9. The van der Waals surface area contributed by atoms with Crippen molar-refractivity contribution in [3.63, 3.8) is 0 Å². The van der Waals surface area contributed by atoms with Crippen LogP contribution in [0.4, 0.5) is 43.2 Å². The van der Waals surface area contributed by atoms with Gasteiger partial charge in [-0.05, 0) is 0 Å². The van der Waals surface area contributed by atoms with E-state index in [1.807, 2.05) is 0 Å². The van der Waals surface area contributed by atoms with Crippen molar-refractivity contribution >= 4 is 55.4 Å². The van der Waals surface area contributed by atoms with Crippen LogP contribution in [-0.4, -0.2) is 55.4 Å². The molecule has 0 aromatic carbocycles. The van der Waals surface area contributed by atoms with Crippen LogP contribution in [0.5, 0.6) is 0 Å². The molecule has 0 saturated heterocycles. The summed E-state index contributed by atoms with van der Waals surface area (Å²) in [5, 5.41) is 56.1. The molecule has 0 aliphatic heterocycles. The van der Waals surface area contributed by atoms with Crippen LogP contribution in [0.1, 0.15) is 0 Å². The average molecular weight is 548 g/mol. The van der Waals surface area contributed by atoms with E-state index in [2.05, 4.69) is 28.4 Å². The summed E-state index contributed by atoms with van der Waals surface area (Å²) in [7, 11) is 0. The Balaban J connectivity index is -0.000000110. The third-order valence-electron chi connectivity index (χ3n) is 1.000. The van der Waals surface area contributed by atoms with Crippen molar-refractivity contribution in [1.82, 2.24) is 0 Å². The smallest absolute Gasteiger partial charge is 0.467 e. The van der Waals surface area contributed by atoms with Crippen LogP contribution in [-0.2, 0) is 63.1 Å². The van der Waals surface area contributed by atoms with E-state index >= 15 is 0 Å². The molecule has 0 amide bonds. The summed E-state index contributed by atoms with van der Waals surface area (Å²) in [6.45, 7) is 0. The van der Waals surface area contributed by atoms with E-state index in [1.54, 1.807) is 0 Å². The molecule has 0 aromatic rings. The number of hydrogen-bond acceptors (Lipinski definition) is 21. The SMILES string of the molecule is O=C([O-])OC(=O)OC(=O)[O-].O=C([O-])OC(=O)OC(=O)[O-].O=C([O-])OC(=O)OC(=O)[O-].[Cr+3].[Cr+3]. The van der Waals surface area contributed by atoms with Gasteiger partial charge in [0.25, 0.3) is 36.9 Å². The van der Waals surface area contributed by atoms with Crippen LogP contribution < -0.4 is 30.6 Å². The van der Waals surface area contributed by atoms with Gasteiger partial charge in [-0.1, -0.05) is 0 Å². The quantitative estimate of drug-likeness (QED) is 0.154. The molecular formula is C9Cr2O21. The van der Waals surface area contributed by atoms with Crippen LogP contribution in [0.3, 0.4) is 0 Å². The summed E-state index contributed by atoms with van der Waals surface area (Å²) in [5.74, 6) is 0. The minimum atomic E-state index is -2.20. The largest absolute Gasteiger partial charge is 3.00 e. The second-order valence-electron chi connectivity index (χ2n) is 2.86. The van der Waals surface area contributed by atoms with Crippen molar-refractivity contribution in [3.05, 3.63) is 0 Å². The van der Waals surface area contributed by atoms with Crippen LogP contribution in [0.25, 0.3) is 0 Å². The van der Waals surface area contributed by atoms with E-state index in [9.17, 15) is 73.8 Å². The van der Waals surface area contributed by atoms with Crippen LogP contribution in [0.2, 0.25) is 0 Å². The number of ether oxygens (including phenoxy) is 6. The molecular weight excluding hydrogens is 548 g/mol. The molecule has 0 saturated carbocycles.